The number of alkyl halides is 3. The molecule has 0 aliphatic carbocycles. The molecule has 0 radical (unpaired) electrons. The van der Waals surface area contributed by atoms with E-state index in [2.05, 4.69) is 32.2 Å². The summed E-state index contributed by atoms with van der Waals surface area (Å²) in [5, 5.41) is 6.43. The van der Waals surface area contributed by atoms with Crippen molar-refractivity contribution in [2.24, 2.45) is 4.99 Å². The van der Waals surface area contributed by atoms with Crippen LogP contribution in [-0.2, 0) is 4.74 Å². The van der Waals surface area contributed by atoms with Crippen LogP contribution in [0.4, 0.5) is 13.2 Å². The fourth-order valence-electron chi connectivity index (χ4n) is 2.87. The van der Waals surface area contributed by atoms with Gasteiger partial charge in [-0.25, -0.2) is 0 Å². The first kappa shape index (κ1) is 25.7. The second-order valence-corrected chi connectivity index (χ2v) is 6.44. The molecule has 2 N–H and O–H groups in total. The van der Waals surface area contributed by atoms with Crippen LogP contribution in [0.1, 0.15) is 46.0 Å². The van der Waals surface area contributed by atoms with Crippen molar-refractivity contribution in [3.05, 3.63) is 0 Å². The van der Waals surface area contributed by atoms with Crippen LogP contribution in [0, 0.1) is 0 Å². The topological polar surface area (TPSA) is 48.9 Å². The summed E-state index contributed by atoms with van der Waals surface area (Å²) < 4.78 is 40.4. The lowest BCUT2D eigenvalue weighted by Crippen LogP contribution is -2.41. The van der Waals surface area contributed by atoms with Crippen molar-refractivity contribution in [3.63, 3.8) is 0 Å². The van der Waals surface area contributed by atoms with Gasteiger partial charge in [0.25, 0.3) is 0 Å². The third-order valence-electron chi connectivity index (χ3n) is 4.18. The molecule has 1 heterocycles. The van der Waals surface area contributed by atoms with Crippen LogP contribution in [-0.4, -0.2) is 69.0 Å². The minimum Gasteiger partial charge on any atom is -0.372 e. The van der Waals surface area contributed by atoms with Gasteiger partial charge in [0.2, 0.25) is 0 Å². The Hall–Kier alpha value is -0.290. The Bertz CT molecular complexity index is 384. The van der Waals surface area contributed by atoms with Gasteiger partial charge in [-0.3, -0.25) is 4.99 Å². The number of hydrogen-bond acceptors (Lipinski definition) is 3. The Morgan fingerprint density at radius 2 is 2.00 bits per heavy atom. The van der Waals surface area contributed by atoms with Gasteiger partial charge in [-0.1, -0.05) is 6.42 Å². The van der Waals surface area contributed by atoms with E-state index in [1.807, 2.05) is 6.92 Å². The van der Waals surface area contributed by atoms with Crippen molar-refractivity contribution < 1.29 is 17.9 Å². The Morgan fingerprint density at radius 3 is 2.65 bits per heavy atom. The molecule has 1 saturated heterocycles. The van der Waals surface area contributed by atoms with Gasteiger partial charge in [0.1, 0.15) is 6.61 Å². The first-order chi connectivity index (χ1) is 11.9. The van der Waals surface area contributed by atoms with Crippen LogP contribution in [0.15, 0.2) is 4.99 Å². The number of rotatable bonds is 10. The molecule has 1 unspecified atom stereocenters. The molecule has 9 heteroatoms. The first-order valence-corrected chi connectivity index (χ1v) is 9.33. The number of aliphatic imine (C=N–C) groups is 1. The van der Waals surface area contributed by atoms with Gasteiger partial charge in [-0.2, -0.15) is 13.2 Å². The number of nitrogens with zero attached hydrogens (tertiary/aromatic N) is 2. The number of nitrogens with one attached hydrogen (secondary N) is 2. The van der Waals surface area contributed by atoms with Gasteiger partial charge in [0, 0.05) is 38.8 Å². The normalized spacial score (nSPS) is 19.1. The average molecular weight is 494 g/mol. The SMILES string of the molecule is CCNC(=NCCCOCC(F)(F)F)NCCCN1CCCCC1C.I. The van der Waals surface area contributed by atoms with E-state index in [-0.39, 0.29) is 30.6 Å². The van der Waals surface area contributed by atoms with E-state index in [0.717, 1.165) is 26.1 Å². The molecule has 26 heavy (non-hydrogen) atoms. The first-order valence-electron chi connectivity index (χ1n) is 9.33. The van der Waals surface area contributed by atoms with Crippen molar-refractivity contribution in [2.45, 2.75) is 58.2 Å². The predicted molar refractivity (Wildman–Crippen MR) is 110 cm³/mol. The summed E-state index contributed by atoms with van der Waals surface area (Å²) in [5.74, 6) is 0.713. The lowest BCUT2D eigenvalue weighted by atomic mass is 10.0. The van der Waals surface area contributed by atoms with E-state index >= 15 is 0 Å². The molecule has 1 rings (SSSR count). The number of ether oxygens (including phenoxy) is 1. The molecule has 1 fully saturated rings. The molecular weight excluding hydrogens is 460 g/mol. The summed E-state index contributed by atoms with van der Waals surface area (Å²) in [6.45, 7) is 7.44. The molecule has 0 aromatic carbocycles. The quantitative estimate of drug-likeness (QED) is 0.212. The lowest BCUT2D eigenvalue weighted by molar-refractivity contribution is -0.173. The Balaban J connectivity index is 0.00000625. The zero-order valence-electron chi connectivity index (χ0n) is 15.9. The Kier molecular flexibility index (Phi) is 14.6. The second-order valence-electron chi connectivity index (χ2n) is 6.44. The molecule has 0 saturated carbocycles. The van der Waals surface area contributed by atoms with Crippen LogP contribution in [0.5, 0.6) is 0 Å². The van der Waals surface area contributed by atoms with Crippen molar-refractivity contribution in [2.75, 3.05) is 45.9 Å². The zero-order chi connectivity index (χ0) is 18.5. The van der Waals surface area contributed by atoms with Crippen LogP contribution >= 0.6 is 24.0 Å². The van der Waals surface area contributed by atoms with E-state index in [4.69, 9.17) is 0 Å². The second kappa shape index (κ2) is 14.7. The van der Waals surface area contributed by atoms with E-state index in [1.54, 1.807) is 0 Å². The fraction of sp³-hybridized carbons (Fsp3) is 0.941. The highest BCUT2D eigenvalue weighted by Crippen LogP contribution is 2.16. The van der Waals surface area contributed by atoms with Gasteiger partial charge >= 0.3 is 6.18 Å². The van der Waals surface area contributed by atoms with Crippen LogP contribution < -0.4 is 10.6 Å². The minimum absolute atomic E-state index is 0. The highest BCUT2D eigenvalue weighted by Gasteiger charge is 2.27. The largest absolute Gasteiger partial charge is 0.411 e. The zero-order valence-corrected chi connectivity index (χ0v) is 18.2. The molecule has 0 spiro atoms. The molecule has 0 aromatic rings. The number of piperidine rings is 1. The summed E-state index contributed by atoms with van der Waals surface area (Å²) >= 11 is 0. The molecule has 0 amide bonds. The van der Waals surface area contributed by atoms with Crippen molar-refractivity contribution in [1.82, 2.24) is 15.5 Å². The third kappa shape index (κ3) is 13.0. The molecule has 5 nitrogen and oxygen atoms in total. The minimum atomic E-state index is -4.26. The molecule has 0 aromatic heterocycles. The maximum atomic E-state index is 11.9. The maximum absolute atomic E-state index is 11.9. The Labute approximate surface area is 172 Å². The van der Waals surface area contributed by atoms with Gasteiger partial charge < -0.3 is 20.3 Å². The standard InChI is InChI=1S/C17H33F3N4O.HI/c1-3-21-16(23-10-7-13-25-14-17(18,19)20)22-9-6-12-24-11-5-4-8-15(24)2;/h15H,3-14H2,1-2H3,(H2,21,22,23);1H. The van der Waals surface area contributed by atoms with E-state index < -0.39 is 12.8 Å². The molecule has 156 valence electrons. The Morgan fingerprint density at radius 1 is 1.23 bits per heavy atom. The highest BCUT2D eigenvalue weighted by atomic mass is 127. The van der Waals surface area contributed by atoms with E-state index in [1.165, 1.54) is 25.8 Å². The van der Waals surface area contributed by atoms with Gasteiger partial charge in [-0.15, -0.1) is 24.0 Å². The molecule has 0 bridgehead atoms. The summed E-state index contributed by atoms with van der Waals surface area (Å²) in [7, 11) is 0. The number of likely N-dealkylation sites (tertiary alicyclic amines) is 1. The fourth-order valence-corrected chi connectivity index (χ4v) is 2.87. The van der Waals surface area contributed by atoms with E-state index in [0.29, 0.717) is 25.0 Å². The smallest absolute Gasteiger partial charge is 0.372 e. The van der Waals surface area contributed by atoms with Crippen LogP contribution in [0.3, 0.4) is 0 Å². The number of hydrogen-bond donors (Lipinski definition) is 2. The van der Waals surface area contributed by atoms with Gasteiger partial charge in [0.05, 0.1) is 0 Å². The third-order valence-corrected chi connectivity index (χ3v) is 4.18. The van der Waals surface area contributed by atoms with Crippen molar-refractivity contribution in [1.29, 1.82) is 0 Å². The van der Waals surface area contributed by atoms with E-state index in [9.17, 15) is 13.2 Å². The maximum Gasteiger partial charge on any atom is 0.411 e. The van der Waals surface area contributed by atoms with Crippen LogP contribution in [0.25, 0.3) is 0 Å². The van der Waals surface area contributed by atoms with Crippen LogP contribution in [0.2, 0.25) is 0 Å². The summed E-state index contributed by atoms with van der Waals surface area (Å²) in [6.07, 6.45) is 1.17. The monoisotopic (exact) mass is 494 g/mol. The van der Waals surface area contributed by atoms with Crippen molar-refractivity contribution >= 4 is 29.9 Å². The molecule has 1 aliphatic rings. The summed E-state index contributed by atoms with van der Waals surface area (Å²) in [4.78, 5) is 6.90. The average Bonchev–Trinajstić information content (AvgIpc) is 2.55. The molecule has 1 atom stereocenters. The number of guanidine groups is 1. The lowest BCUT2D eigenvalue weighted by Gasteiger charge is -2.33. The van der Waals surface area contributed by atoms with Gasteiger partial charge in [-0.05, 0) is 46.1 Å². The summed E-state index contributed by atoms with van der Waals surface area (Å²) in [6, 6.07) is 0.673. The van der Waals surface area contributed by atoms with Crippen molar-refractivity contribution in [3.8, 4) is 0 Å². The predicted octanol–water partition coefficient (Wildman–Crippen LogP) is 3.39. The molecule has 1 aliphatic heterocycles. The molecular formula is C17H34F3IN4O. The summed E-state index contributed by atoms with van der Waals surface area (Å²) in [5.41, 5.74) is 0. The van der Waals surface area contributed by atoms with Gasteiger partial charge in [0.15, 0.2) is 5.96 Å². The number of halogens is 4. The highest BCUT2D eigenvalue weighted by molar-refractivity contribution is 14.0.